The number of nitro benzene ring substituents is 1. The molecule has 0 aliphatic heterocycles. The summed E-state index contributed by atoms with van der Waals surface area (Å²) in [5.41, 5.74) is -0.864. The normalized spacial score (nSPS) is 30.2. The van der Waals surface area contributed by atoms with Crippen LogP contribution in [0.1, 0.15) is 143 Å². The highest BCUT2D eigenvalue weighted by atomic mass is 16.6. The summed E-state index contributed by atoms with van der Waals surface area (Å²) >= 11 is 0. The van der Waals surface area contributed by atoms with E-state index in [1.807, 2.05) is 20.8 Å². The van der Waals surface area contributed by atoms with Crippen LogP contribution in [0.15, 0.2) is 36.4 Å². The van der Waals surface area contributed by atoms with E-state index >= 15 is 0 Å². The molecule has 0 bridgehead atoms. The molecule has 0 spiro atoms. The summed E-state index contributed by atoms with van der Waals surface area (Å²) in [6.07, 6.45) is 13.2. The highest BCUT2D eigenvalue weighted by Crippen LogP contribution is 2.62. The van der Waals surface area contributed by atoms with Gasteiger partial charge in [-0.2, -0.15) is 0 Å². The van der Waals surface area contributed by atoms with Crippen molar-refractivity contribution in [3.8, 4) is 0 Å². The molecule has 1 aromatic rings. The van der Waals surface area contributed by atoms with Crippen LogP contribution in [-0.2, 0) is 28.6 Å². The molecule has 10 nitrogen and oxygen atoms in total. The van der Waals surface area contributed by atoms with E-state index in [0.717, 1.165) is 32.1 Å². The van der Waals surface area contributed by atoms with Gasteiger partial charge in [0.15, 0.2) is 5.78 Å². The van der Waals surface area contributed by atoms with E-state index in [0.29, 0.717) is 47.8 Å². The first-order valence-electron chi connectivity index (χ1n) is 20.3. The van der Waals surface area contributed by atoms with E-state index in [9.17, 15) is 29.3 Å². The number of nitro groups is 1. The number of nitrogens with zero attached hydrogens (tertiary/aromatic N) is 1. The minimum Gasteiger partial charge on any atom is -0.462 e. The molecule has 4 aliphatic carbocycles. The fourth-order valence-electron chi connectivity index (χ4n) is 10.4. The minimum absolute atomic E-state index is 0.0309. The second-order valence-electron chi connectivity index (χ2n) is 19.0. The second-order valence-corrected chi connectivity index (χ2v) is 19.0. The first-order chi connectivity index (χ1) is 25.2. The van der Waals surface area contributed by atoms with Gasteiger partial charge in [0, 0.05) is 37.0 Å². The number of carbonyl (C=O) groups is 4. The van der Waals surface area contributed by atoms with E-state index in [1.165, 1.54) is 43.5 Å². The SMILES string of the molecule is C[C@H](CCC(=O)OC(C)(C)C)C1CC[C@@H]2C1C=C[C@H]1[C@H]2CC[C@@H]2C[C@H](OC(=O)[C@H](CCC(=O)OC(C)(C)C)CC(=O)c3ccc([N+](=O)[O-])cc3)CC[C@@]21C. The first kappa shape index (κ1) is 41.6. The third kappa shape index (κ3) is 10.2. The van der Waals surface area contributed by atoms with Crippen molar-refractivity contribution in [1.29, 1.82) is 0 Å². The quantitative estimate of drug-likeness (QED) is 0.0482. The monoisotopic (exact) mass is 749 g/mol. The lowest BCUT2D eigenvalue weighted by Gasteiger charge is -2.57. The lowest BCUT2D eigenvalue weighted by atomic mass is 9.48. The van der Waals surface area contributed by atoms with Gasteiger partial charge in [0.25, 0.3) is 5.69 Å². The van der Waals surface area contributed by atoms with Crippen LogP contribution in [0.3, 0.4) is 0 Å². The number of fused-ring (bicyclic) bond motifs is 5. The highest BCUT2D eigenvalue weighted by Gasteiger charge is 2.55. The summed E-state index contributed by atoms with van der Waals surface area (Å²) < 4.78 is 17.2. The number of carbonyl (C=O) groups excluding carboxylic acids is 4. The fourth-order valence-corrected chi connectivity index (χ4v) is 10.4. The molecule has 298 valence electrons. The summed E-state index contributed by atoms with van der Waals surface area (Å²) in [7, 11) is 0. The molecule has 4 aliphatic rings. The van der Waals surface area contributed by atoms with E-state index in [2.05, 4.69) is 26.0 Å². The van der Waals surface area contributed by atoms with Gasteiger partial charge in [-0.1, -0.05) is 26.0 Å². The molecule has 54 heavy (non-hydrogen) atoms. The van der Waals surface area contributed by atoms with Gasteiger partial charge in [0.2, 0.25) is 0 Å². The predicted octanol–water partition coefficient (Wildman–Crippen LogP) is 9.62. The van der Waals surface area contributed by atoms with Crippen molar-refractivity contribution in [2.45, 2.75) is 150 Å². The Balaban J connectivity index is 1.20. The van der Waals surface area contributed by atoms with E-state index < -0.39 is 34.0 Å². The molecular formula is C44H63NO9. The first-order valence-corrected chi connectivity index (χ1v) is 20.3. The highest BCUT2D eigenvalue weighted by molar-refractivity contribution is 5.98. The Morgan fingerprint density at radius 1 is 0.852 bits per heavy atom. The summed E-state index contributed by atoms with van der Waals surface area (Å²) in [5, 5.41) is 11.1. The maximum Gasteiger partial charge on any atom is 0.309 e. The lowest BCUT2D eigenvalue weighted by Crippen LogP contribution is -2.51. The number of allylic oxidation sites excluding steroid dienone is 2. The van der Waals surface area contributed by atoms with Gasteiger partial charge in [-0.25, -0.2) is 0 Å². The maximum atomic E-state index is 13.8. The summed E-state index contributed by atoms with van der Waals surface area (Å²) in [5.74, 6) is 1.62. The molecule has 5 rings (SSSR count). The number of rotatable bonds is 13. The molecule has 10 heteroatoms. The number of benzene rings is 1. The van der Waals surface area contributed by atoms with Gasteiger partial charge < -0.3 is 14.2 Å². The van der Waals surface area contributed by atoms with Gasteiger partial charge in [-0.15, -0.1) is 0 Å². The van der Waals surface area contributed by atoms with Crippen LogP contribution in [-0.4, -0.2) is 45.9 Å². The topological polar surface area (TPSA) is 139 Å². The molecule has 3 fully saturated rings. The van der Waals surface area contributed by atoms with Crippen molar-refractivity contribution >= 4 is 29.4 Å². The van der Waals surface area contributed by atoms with Crippen molar-refractivity contribution in [2.24, 2.45) is 52.8 Å². The maximum absolute atomic E-state index is 13.8. The fraction of sp³-hybridized carbons (Fsp3) is 0.727. The average Bonchev–Trinajstić information content (AvgIpc) is 3.52. The van der Waals surface area contributed by atoms with Crippen LogP contribution < -0.4 is 0 Å². The smallest absolute Gasteiger partial charge is 0.309 e. The van der Waals surface area contributed by atoms with Crippen LogP contribution in [0.2, 0.25) is 0 Å². The van der Waals surface area contributed by atoms with Gasteiger partial charge in [0.05, 0.1) is 10.8 Å². The molecule has 0 N–H and O–H groups in total. The van der Waals surface area contributed by atoms with Crippen LogP contribution in [0.4, 0.5) is 5.69 Å². The number of ketones is 1. The van der Waals surface area contributed by atoms with Crippen molar-refractivity contribution in [1.82, 2.24) is 0 Å². The van der Waals surface area contributed by atoms with Crippen molar-refractivity contribution in [3.63, 3.8) is 0 Å². The lowest BCUT2D eigenvalue weighted by molar-refractivity contribution is -0.384. The zero-order chi connectivity index (χ0) is 39.6. The number of Topliss-reactive ketones (excluding diaryl/α,β-unsaturated/α-hetero) is 1. The number of esters is 3. The van der Waals surface area contributed by atoms with Gasteiger partial charge in [-0.05, 0) is 158 Å². The Bertz CT molecular complexity index is 1570. The van der Waals surface area contributed by atoms with Gasteiger partial charge >= 0.3 is 17.9 Å². The van der Waals surface area contributed by atoms with E-state index in [1.54, 1.807) is 20.8 Å². The van der Waals surface area contributed by atoms with Gasteiger partial charge in [0.1, 0.15) is 17.3 Å². The molecule has 1 aromatic carbocycles. The van der Waals surface area contributed by atoms with Gasteiger partial charge in [-0.3, -0.25) is 29.3 Å². The molecule has 0 radical (unpaired) electrons. The van der Waals surface area contributed by atoms with E-state index in [4.69, 9.17) is 14.2 Å². The Hall–Kier alpha value is -3.56. The number of ether oxygens (including phenoxy) is 3. The molecular weight excluding hydrogens is 686 g/mol. The number of non-ortho nitro benzene ring substituents is 1. The molecule has 3 saturated carbocycles. The molecule has 0 heterocycles. The van der Waals surface area contributed by atoms with Crippen molar-refractivity contribution in [3.05, 3.63) is 52.1 Å². The number of hydrogen-bond donors (Lipinski definition) is 0. The third-order valence-electron chi connectivity index (χ3n) is 13.0. The zero-order valence-corrected chi connectivity index (χ0v) is 33.8. The second kappa shape index (κ2) is 16.7. The minimum atomic E-state index is -0.843. The number of hydrogen-bond acceptors (Lipinski definition) is 9. The molecule has 0 saturated heterocycles. The standard InChI is InChI=1S/C44H63NO9/c1-27(9-21-39(47)53-42(2,3)4)33-17-18-35-34(33)19-20-37-36(35)16-13-30-26-32(23-24-44(30,37)8)52-41(49)29(12-22-40(48)54-43(5,6)7)25-38(46)28-10-14-31(15-11-28)45(50)51/h10-11,14-15,19-20,27,29-30,32-37H,9,12-13,16-18,21-26H2,1-8H3/t27-,29-,30-,32-,33?,34?,35-,36+,37+,44+/m1/s1. The van der Waals surface area contributed by atoms with Crippen molar-refractivity contribution in [2.75, 3.05) is 0 Å². The van der Waals surface area contributed by atoms with Crippen LogP contribution in [0.25, 0.3) is 0 Å². The Morgan fingerprint density at radius 2 is 1.46 bits per heavy atom. The Morgan fingerprint density at radius 3 is 2.07 bits per heavy atom. The molecule has 0 amide bonds. The van der Waals surface area contributed by atoms with Crippen LogP contribution in [0, 0.1) is 62.9 Å². The summed E-state index contributed by atoms with van der Waals surface area (Å²) in [4.78, 5) is 62.7. The summed E-state index contributed by atoms with van der Waals surface area (Å²) in [6, 6.07) is 5.35. The largest absolute Gasteiger partial charge is 0.462 e. The summed E-state index contributed by atoms with van der Waals surface area (Å²) in [6.45, 7) is 15.8. The Kier molecular flexibility index (Phi) is 12.8. The third-order valence-corrected chi connectivity index (χ3v) is 13.0. The van der Waals surface area contributed by atoms with Crippen LogP contribution >= 0.6 is 0 Å². The molecule has 2 unspecified atom stereocenters. The zero-order valence-electron chi connectivity index (χ0n) is 33.8. The van der Waals surface area contributed by atoms with Crippen LogP contribution in [0.5, 0.6) is 0 Å². The Labute approximate surface area is 321 Å². The van der Waals surface area contributed by atoms with Crippen molar-refractivity contribution < 1.29 is 38.3 Å². The average molecular weight is 750 g/mol. The van der Waals surface area contributed by atoms with E-state index in [-0.39, 0.29) is 53.8 Å². The predicted molar refractivity (Wildman–Crippen MR) is 205 cm³/mol. The molecule has 10 atom stereocenters. The molecule has 0 aromatic heterocycles.